The molecule has 2 N–H and O–H groups in total. The van der Waals surface area contributed by atoms with Gasteiger partial charge in [0.1, 0.15) is 0 Å². The third kappa shape index (κ3) is 6.36. The maximum absolute atomic E-state index is 11.7. The minimum Gasteiger partial charge on any atom is -0.481 e. The molecule has 0 saturated carbocycles. The average molecular weight is 277 g/mol. The summed E-state index contributed by atoms with van der Waals surface area (Å²) in [5.74, 6) is -0.823. The Morgan fingerprint density at radius 3 is 2.70 bits per heavy atom. The predicted octanol–water partition coefficient (Wildman–Crippen LogP) is 2.54. The number of hydrogen-bond acceptors (Lipinski definition) is 2. The lowest BCUT2D eigenvalue weighted by atomic mass is 10.0. The first-order chi connectivity index (χ1) is 9.51. The smallest absolute Gasteiger partial charge is 0.303 e. The monoisotopic (exact) mass is 277 g/mol. The largest absolute Gasteiger partial charge is 0.481 e. The number of amides is 1. The maximum atomic E-state index is 11.7. The van der Waals surface area contributed by atoms with E-state index in [4.69, 9.17) is 5.11 Å². The van der Waals surface area contributed by atoms with Crippen molar-refractivity contribution in [1.29, 1.82) is 0 Å². The zero-order valence-corrected chi connectivity index (χ0v) is 12.2. The van der Waals surface area contributed by atoms with Crippen LogP contribution in [-0.4, -0.2) is 23.5 Å². The van der Waals surface area contributed by atoms with Crippen LogP contribution < -0.4 is 5.32 Å². The van der Waals surface area contributed by atoms with Crippen molar-refractivity contribution in [3.8, 4) is 0 Å². The van der Waals surface area contributed by atoms with E-state index in [2.05, 4.69) is 11.4 Å². The van der Waals surface area contributed by atoms with Gasteiger partial charge in [-0.1, -0.05) is 43.2 Å². The number of carbonyl (C=O) groups is 2. The second kappa shape index (κ2) is 8.35. The van der Waals surface area contributed by atoms with Crippen molar-refractivity contribution in [2.75, 3.05) is 6.54 Å². The second-order valence-electron chi connectivity index (χ2n) is 5.17. The lowest BCUT2D eigenvalue weighted by molar-refractivity contribution is -0.138. The summed E-state index contributed by atoms with van der Waals surface area (Å²) < 4.78 is 0. The SMILES string of the molecule is CCC(CNC(=O)CCc1cccc(C)c1)CC(=O)O. The summed E-state index contributed by atoms with van der Waals surface area (Å²) in [7, 11) is 0. The zero-order valence-electron chi connectivity index (χ0n) is 12.2. The van der Waals surface area contributed by atoms with Crippen molar-refractivity contribution >= 4 is 11.9 Å². The van der Waals surface area contributed by atoms with Gasteiger partial charge in [0.2, 0.25) is 5.91 Å². The fourth-order valence-electron chi connectivity index (χ4n) is 2.08. The summed E-state index contributed by atoms with van der Waals surface area (Å²) >= 11 is 0. The van der Waals surface area contributed by atoms with Gasteiger partial charge in [-0.25, -0.2) is 0 Å². The Kier molecular flexibility index (Phi) is 6.77. The summed E-state index contributed by atoms with van der Waals surface area (Å²) in [4.78, 5) is 22.4. The number of carboxylic acid groups (broad SMARTS) is 1. The van der Waals surface area contributed by atoms with Gasteiger partial charge in [-0.2, -0.15) is 0 Å². The molecule has 1 rings (SSSR count). The second-order valence-corrected chi connectivity index (χ2v) is 5.17. The van der Waals surface area contributed by atoms with Gasteiger partial charge in [0.15, 0.2) is 0 Å². The molecule has 0 spiro atoms. The number of rotatable bonds is 8. The molecule has 0 aliphatic heterocycles. The number of carbonyl (C=O) groups excluding carboxylic acids is 1. The third-order valence-electron chi connectivity index (χ3n) is 3.35. The van der Waals surface area contributed by atoms with Gasteiger partial charge < -0.3 is 10.4 Å². The molecule has 0 aliphatic rings. The molecule has 1 atom stereocenters. The van der Waals surface area contributed by atoms with E-state index in [1.54, 1.807) is 0 Å². The van der Waals surface area contributed by atoms with Gasteiger partial charge in [-0.15, -0.1) is 0 Å². The molecule has 0 fully saturated rings. The summed E-state index contributed by atoms with van der Waals surface area (Å²) in [5.41, 5.74) is 2.34. The molecule has 1 aromatic carbocycles. The van der Waals surface area contributed by atoms with Crippen LogP contribution in [0.4, 0.5) is 0 Å². The normalized spacial score (nSPS) is 11.9. The van der Waals surface area contributed by atoms with Crippen LogP contribution in [0.25, 0.3) is 0 Å². The lowest BCUT2D eigenvalue weighted by Crippen LogP contribution is -2.30. The number of carboxylic acids is 1. The first kappa shape index (κ1) is 16.2. The highest BCUT2D eigenvalue weighted by molar-refractivity contribution is 5.76. The van der Waals surface area contributed by atoms with Crippen molar-refractivity contribution in [3.05, 3.63) is 35.4 Å². The van der Waals surface area contributed by atoms with E-state index in [1.165, 1.54) is 5.56 Å². The molecule has 1 aromatic rings. The van der Waals surface area contributed by atoms with Gasteiger partial charge in [-0.05, 0) is 24.8 Å². The average Bonchev–Trinajstić information content (AvgIpc) is 2.40. The first-order valence-electron chi connectivity index (χ1n) is 7.05. The fourth-order valence-corrected chi connectivity index (χ4v) is 2.08. The minimum atomic E-state index is -0.814. The molecule has 0 aliphatic carbocycles. The van der Waals surface area contributed by atoms with E-state index in [9.17, 15) is 9.59 Å². The van der Waals surface area contributed by atoms with Crippen molar-refractivity contribution in [2.24, 2.45) is 5.92 Å². The van der Waals surface area contributed by atoms with E-state index >= 15 is 0 Å². The Morgan fingerprint density at radius 2 is 2.10 bits per heavy atom. The van der Waals surface area contributed by atoms with Crippen LogP contribution in [0.5, 0.6) is 0 Å². The van der Waals surface area contributed by atoms with E-state index in [-0.39, 0.29) is 18.2 Å². The Labute approximate surface area is 120 Å². The molecule has 0 saturated heterocycles. The van der Waals surface area contributed by atoms with Crippen molar-refractivity contribution in [1.82, 2.24) is 5.32 Å². The lowest BCUT2D eigenvalue weighted by Gasteiger charge is -2.13. The van der Waals surface area contributed by atoms with Crippen molar-refractivity contribution < 1.29 is 14.7 Å². The summed E-state index contributed by atoms with van der Waals surface area (Å²) in [6.45, 7) is 4.41. The van der Waals surface area contributed by atoms with Crippen LogP contribution in [0.2, 0.25) is 0 Å². The molecule has 20 heavy (non-hydrogen) atoms. The van der Waals surface area contributed by atoms with Crippen LogP contribution in [0.3, 0.4) is 0 Å². The number of aryl methyl sites for hydroxylation is 2. The van der Waals surface area contributed by atoms with E-state index in [1.807, 2.05) is 32.0 Å². The standard InChI is InChI=1S/C16H23NO3/c1-3-13(10-16(19)20)11-17-15(18)8-7-14-6-4-5-12(2)9-14/h4-6,9,13H,3,7-8,10-11H2,1-2H3,(H,17,18)(H,19,20). The van der Waals surface area contributed by atoms with Crippen molar-refractivity contribution in [2.45, 2.75) is 39.5 Å². The number of benzene rings is 1. The third-order valence-corrected chi connectivity index (χ3v) is 3.35. The van der Waals surface area contributed by atoms with Crippen LogP contribution in [-0.2, 0) is 16.0 Å². The summed E-state index contributed by atoms with van der Waals surface area (Å²) in [6, 6.07) is 8.11. The zero-order chi connectivity index (χ0) is 15.0. The van der Waals surface area contributed by atoms with E-state index in [0.29, 0.717) is 19.4 Å². The Bertz CT molecular complexity index is 457. The molecule has 1 unspecified atom stereocenters. The van der Waals surface area contributed by atoms with Gasteiger partial charge in [0.05, 0.1) is 0 Å². The van der Waals surface area contributed by atoms with Crippen LogP contribution in [0, 0.1) is 12.8 Å². The Hall–Kier alpha value is -1.84. The molecule has 1 amide bonds. The first-order valence-corrected chi connectivity index (χ1v) is 7.05. The number of aliphatic carboxylic acids is 1. The minimum absolute atomic E-state index is 0.00965. The molecular formula is C16H23NO3. The summed E-state index contributed by atoms with van der Waals surface area (Å²) in [6.07, 6.45) is 2.01. The van der Waals surface area contributed by atoms with E-state index < -0.39 is 5.97 Å². The maximum Gasteiger partial charge on any atom is 0.303 e. The van der Waals surface area contributed by atoms with Crippen LogP contribution in [0.1, 0.15) is 37.3 Å². The molecule has 4 nitrogen and oxygen atoms in total. The summed E-state index contributed by atoms with van der Waals surface area (Å²) in [5, 5.41) is 11.6. The Balaban J connectivity index is 2.31. The highest BCUT2D eigenvalue weighted by atomic mass is 16.4. The van der Waals surface area contributed by atoms with Gasteiger partial charge in [0, 0.05) is 19.4 Å². The molecule has 4 heteroatoms. The fraction of sp³-hybridized carbons (Fsp3) is 0.500. The van der Waals surface area contributed by atoms with Gasteiger partial charge in [0.25, 0.3) is 0 Å². The molecule has 0 aromatic heterocycles. The van der Waals surface area contributed by atoms with Crippen molar-refractivity contribution in [3.63, 3.8) is 0 Å². The Morgan fingerprint density at radius 1 is 1.35 bits per heavy atom. The highest BCUT2D eigenvalue weighted by Gasteiger charge is 2.12. The predicted molar refractivity (Wildman–Crippen MR) is 78.5 cm³/mol. The van der Waals surface area contributed by atoms with E-state index in [0.717, 1.165) is 12.0 Å². The molecule has 110 valence electrons. The molecule has 0 bridgehead atoms. The van der Waals surface area contributed by atoms with Crippen LogP contribution in [0.15, 0.2) is 24.3 Å². The molecule has 0 heterocycles. The number of hydrogen-bond donors (Lipinski definition) is 2. The van der Waals surface area contributed by atoms with Gasteiger partial charge >= 0.3 is 5.97 Å². The van der Waals surface area contributed by atoms with Crippen LogP contribution >= 0.6 is 0 Å². The quantitative estimate of drug-likeness (QED) is 0.767. The number of nitrogens with one attached hydrogen (secondary N) is 1. The molecular weight excluding hydrogens is 254 g/mol. The molecule has 0 radical (unpaired) electrons. The highest BCUT2D eigenvalue weighted by Crippen LogP contribution is 2.08. The topological polar surface area (TPSA) is 66.4 Å². The van der Waals surface area contributed by atoms with Gasteiger partial charge in [-0.3, -0.25) is 9.59 Å².